The van der Waals surface area contributed by atoms with Gasteiger partial charge in [-0.15, -0.1) is 0 Å². The van der Waals surface area contributed by atoms with E-state index in [1.807, 2.05) is 57.2 Å². The first kappa shape index (κ1) is 31.3. The van der Waals surface area contributed by atoms with Crippen LogP contribution in [0, 0.1) is 5.92 Å². The minimum absolute atomic E-state index is 0.246. The maximum Gasteiger partial charge on any atom is 0.410 e. The molecule has 11 heteroatoms. The third kappa shape index (κ3) is 8.72. The zero-order valence-corrected chi connectivity index (χ0v) is 26.4. The third-order valence-electron chi connectivity index (χ3n) is 7.59. The number of piperazine rings is 1. The Morgan fingerprint density at radius 2 is 1.67 bits per heavy atom. The van der Waals surface area contributed by atoms with Crippen molar-refractivity contribution in [1.29, 1.82) is 0 Å². The van der Waals surface area contributed by atoms with Gasteiger partial charge in [-0.1, -0.05) is 23.2 Å². The zero-order valence-electron chi connectivity index (χ0n) is 24.9. The number of carbonyl (C=O) groups is 1. The molecule has 1 aromatic carbocycles. The van der Waals surface area contributed by atoms with Gasteiger partial charge in [0.25, 0.3) is 0 Å². The number of hydrogen-bond acceptors (Lipinski definition) is 8. The molecule has 4 heterocycles. The molecule has 0 saturated carbocycles. The van der Waals surface area contributed by atoms with Gasteiger partial charge >= 0.3 is 6.09 Å². The van der Waals surface area contributed by atoms with Gasteiger partial charge < -0.3 is 24.4 Å². The van der Waals surface area contributed by atoms with E-state index in [4.69, 9.17) is 37.7 Å². The maximum atomic E-state index is 12.4. The lowest BCUT2D eigenvalue weighted by molar-refractivity contribution is 0.0240. The van der Waals surface area contributed by atoms with Crippen LogP contribution in [0.3, 0.4) is 0 Å². The van der Waals surface area contributed by atoms with E-state index in [-0.39, 0.29) is 12.7 Å². The lowest BCUT2D eigenvalue weighted by Crippen LogP contribution is -2.50. The second kappa shape index (κ2) is 13.7. The number of aliphatic hydroxyl groups excluding tert-OH is 1. The van der Waals surface area contributed by atoms with Crippen molar-refractivity contribution < 1.29 is 19.4 Å². The first-order valence-corrected chi connectivity index (χ1v) is 15.5. The number of halogens is 2. The van der Waals surface area contributed by atoms with Gasteiger partial charge in [0.15, 0.2) is 0 Å². The molecule has 0 radical (unpaired) electrons. The number of aliphatic hydroxyl groups is 1. The lowest BCUT2D eigenvalue weighted by Gasteiger charge is -2.36. The quantitative estimate of drug-likeness (QED) is 0.317. The van der Waals surface area contributed by atoms with Crippen molar-refractivity contribution in [1.82, 2.24) is 19.8 Å². The number of aromatic nitrogens is 2. The molecule has 0 spiro atoms. The summed E-state index contributed by atoms with van der Waals surface area (Å²) in [4.78, 5) is 28.1. The van der Waals surface area contributed by atoms with Crippen LogP contribution in [0.4, 0.5) is 10.6 Å². The highest BCUT2D eigenvalue weighted by Gasteiger charge is 2.26. The molecule has 0 atom stereocenters. The summed E-state index contributed by atoms with van der Waals surface area (Å²) in [6.45, 7) is 10.9. The van der Waals surface area contributed by atoms with Crippen LogP contribution in [0.1, 0.15) is 39.2 Å². The number of likely N-dealkylation sites (tertiary alicyclic amines) is 1. The van der Waals surface area contributed by atoms with Crippen LogP contribution in [0.15, 0.2) is 48.7 Å². The van der Waals surface area contributed by atoms with E-state index < -0.39 is 5.60 Å². The highest BCUT2D eigenvalue weighted by atomic mass is 35.5. The Balaban J connectivity index is 1.28. The van der Waals surface area contributed by atoms with Crippen molar-refractivity contribution in [3.63, 3.8) is 0 Å². The number of pyridine rings is 2. The maximum absolute atomic E-state index is 12.4. The summed E-state index contributed by atoms with van der Waals surface area (Å²) in [7, 11) is 0. The highest BCUT2D eigenvalue weighted by molar-refractivity contribution is 6.35. The summed E-state index contributed by atoms with van der Waals surface area (Å²) in [5, 5.41) is 10.6. The standard InChI is InChI=1S/C32H39Cl2N5O4/c1-32(2,3)43-31(41)39-12-10-38(11-13-39)29-5-4-27(19-35-29)42-30-15-23(20-37-8-6-22(21-40)7-9-37)14-28(36-30)24-16-25(33)18-26(34)17-24/h4-5,14-19,22,40H,6-13,20-21H2,1-3H3. The molecular formula is C32H39Cl2N5O4. The Morgan fingerprint density at radius 3 is 2.28 bits per heavy atom. The number of piperidine rings is 1. The zero-order chi connectivity index (χ0) is 30.6. The number of anilines is 1. The molecule has 3 aromatic rings. The van der Waals surface area contributed by atoms with Crippen LogP contribution in [0.2, 0.25) is 10.0 Å². The second-order valence-electron chi connectivity index (χ2n) is 12.2. The first-order valence-electron chi connectivity index (χ1n) is 14.7. The average molecular weight is 629 g/mol. The van der Waals surface area contributed by atoms with Gasteiger partial charge in [-0.3, -0.25) is 4.90 Å². The fraction of sp³-hybridized carbons (Fsp3) is 0.469. The van der Waals surface area contributed by atoms with Crippen molar-refractivity contribution in [3.8, 4) is 22.9 Å². The van der Waals surface area contributed by atoms with E-state index in [1.165, 1.54) is 0 Å². The van der Waals surface area contributed by atoms with Gasteiger partial charge in [0.1, 0.15) is 17.2 Å². The number of ether oxygens (including phenoxy) is 2. The lowest BCUT2D eigenvalue weighted by atomic mass is 9.97. The number of benzene rings is 1. The van der Waals surface area contributed by atoms with Crippen LogP contribution in [-0.2, 0) is 11.3 Å². The Morgan fingerprint density at radius 1 is 0.977 bits per heavy atom. The number of hydrogen-bond donors (Lipinski definition) is 1. The summed E-state index contributed by atoms with van der Waals surface area (Å²) < 4.78 is 11.7. The normalized spacial score (nSPS) is 16.8. The average Bonchev–Trinajstić information content (AvgIpc) is 2.96. The molecular weight excluding hydrogens is 589 g/mol. The summed E-state index contributed by atoms with van der Waals surface area (Å²) in [5.74, 6) is 2.22. The molecule has 2 aromatic heterocycles. The molecule has 2 aliphatic heterocycles. The van der Waals surface area contributed by atoms with Crippen molar-refractivity contribution in [2.75, 3.05) is 50.8 Å². The van der Waals surface area contributed by atoms with Gasteiger partial charge in [0.2, 0.25) is 5.88 Å². The Bertz CT molecular complexity index is 1380. The number of amides is 1. The van der Waals surface area contributed by atoms with Crippen molar-refractivity contribution >= 4 is 35.1 Å². The predicted octanol–water partition coefficient (Wildman–Crippen LogP) is 6.50. The number of carbonyl (C=O) groups excluding carboxylic acids is 1. The largest absolute Gasteiger partial charge is 0.444 e. The van der Waals surface area contributed by atoms with E-state index in [1.54, 1.807) is 17.2 Å². The summed E-state index contributed by atoms with van der Waals surface area (Å²) in [6, 6.07) is 13.2. The summed E-state index contributed by atoms with van der Waals surface area (Å²) >= 11 is 12.6. The van der Waals surface area contributed by atoms with Gasteiger partial charge in [0.05, 0.1) is 11.9 Å². The SMILES string of the molecule is CC(C)(C)OC(=O)N1CCN(c2ccc(Oc3cc(CN4CCC(CO)CC4)cc(-c4cc(Cl)cc(Cl)c4)n3)cn2)CC1. The number of nitrogens with zero attached hydrogens (tertiary/aromatic N) is 5. The molecule has 43 heavy (non-hydrogen) atoms. The van der Waals surface area contributed by atoms with Crippen molar-refractivity contribution in [2.45, 2.75) is 45.8 Å². The molecule has 0 bridgehead atoms. The van der Waals surface area contributed by atoms with E-state index in [0.717, 1.165) is 55.1 Å². The van der Waals surface area contributed by atoms with Crippen LogP contribution in [0.25, 0.3) is 11.3 Å². The molecule has 0 unspecified atom stereocenters. The number of rotatable bonds is 7. The molecule has 2 aliphatic rings. The smallest absolute Gasteiger partial charge is 0.410 e. The molecule has 1 amide bonds. The third-order valence-corrected chi connectivity index (χ3v) is 8.03. The summed E-state index contributed by atoms with van der Waals surface area (Å²) in [5.41, 5.74) is 2.07. The monoisotopic (exact) mass is 627 g/mol. The van der Waals surface area contributed by atoms with E-state index in [9.17, 15) is 9.90 Å². The van der Waals surface area contributed by atoms with Gasteiger partial charge in [0, 0.05) is 61.0 Å². The molecule has 2 saturated heterocycles. The molecule has 230 valence electrons. The van der Waals surface area contributed by atoms with E-state index in [0.29, 0.717) is 53.8 Å². The molecule has 0 aliphatic carbocycles. The highest BCUT2D eigenvalue weighted by Crippen LogP contribution is 2.31. The molecule has 2 fully saturated rings. The van der Waals surface area contributed by atoms with E-state index >= 15 is 0 Å². The van der Waals surface area contributed by atoms with Gasteiger partial charge in [-0.2, -0.15) is 0 Å². The van der Waals surface area contributed by atoms with Crippen LogP contribution >= 0.6 is 23.2 Å². The fourth-order valence-electron chi connectivity index (χ4n) is 5.32. The minimum atomic E-state index is -0.514. The molecule has 1 N–H and O–H groups in total. The van der Waals surface area contributed by atoms with Crippen LogP contribution in [0.5, 0.6) is 11.6 Å². The Labute approximate surface area is 263 Å². The first-order chi connectivity index (χ1) is 20.5. The van der Waals surface area contributed by atoms with E-state index in [2.05, 4.69) is 14.8 Å². The van der Waals surface area contributed by atoms with Gasteiger partial charge in [-0.25, -0.2) is 14.8 Å². The Hall–Kier alpha value is -3.11. The Kier molecular flexibility index (Phi) is 9.96. The molecule has 5 rings (SSSR count). The minimum Gasteiger partial charge on any atom is -0.444 e. The topological polar surface area (TPSA) is 91.3 Å². The summed E-state index contributed by atoms with van der Waals surface area (Å²) in [6.07, 6.45) is 3.37. The van der Waals surface area contributed by atoms with Gasteiger partial charge in [-0.05, 0) is 94.6 Å². The fourth-order valence-corrected chi connectivity index (χ4v) is 5.85. The molecule has 9 nitrogen and oxygen atoms in total. The van der Waals surface area contributed by atoms with Crippen LogP contribution < -0.4 is 9.64 Å². The van der Waals surface area contributed by atoms with Crippen molar-refractivity contribution in [2.24, 2.45) is 5.92 Å². The predicted molar refractivity (Wildman–Crippen MR) is 169 cm³/mol. The second-order valence-corrected chi connectivity index (χ2v) is 13.0. The van der Waals surface area contributed by atoms with Crippen molar-refractivity contribution in [3.05, 3.63) is 64.3 Å². The van der Waals surface area contributed by atoms with Crippen LogP contribution in [-0.4, -0.2) is 82.4 Å².